The van der Waals surface area contributed by atoms with Crippen LogP contribution >= 0.6 is 23.5 Å². The summed E-state index contributed by atoms with van der Waals surface area (Å²) in [5.41, 5.74) is 4.59. The molecule has 0 radical (unpaired) electrons. The SMILES string of the molecule is CCc1c(SC)cc(SC)c(CC)c1C. The summed E-state index contributed by atoms with van der Waals surface area (Å²) in [5, 5.41) is 0. The van der Waals surface area contributed by atoms with E-state index in [9.17, 15) is 0 Å². The van der Waals surface area contributed by atoms with Gasteiger partial charge in [-0.1, -0.05) is 13.8 Å². The summed E-state index contributed by atoms with van der Waals surface area (Å²) >= 11 is 3.74. The summed E-state index contributed by atoms with van der Waals surface area (Å²) in [6.07, 6.45) is 6.63. The molecule has 0 spiro atoms. The highest BCUT2D eigenvalue weighted by Crippen LogP contribution is 2.33. The monoisotopic (exact) mass is 240 g/mol. The van der Waals surface area contributed by atoms with Gasteiger partial charge < -0.3 is 0 Å². The lowest BCUT2D eigenvalue weighted by atomic mass is 9.99. The number of thioether (sulfide) groups is 2. The second-order valence-electron chi connectivity index (χ2n) is 3.57. The second kappa shape index (κ2) is 5.86. The van der Waals surface area contributed by atoms with Crippen LogP contribution in [-0.4, -0.2) is 12.5 Å². The van der Waals surface area contributed by atoms with E-state index in [1.807, 2.05) is 23.5 Å². The summed E-state index contributed by atoms with van der Waals surface area (Å²) in [4.78, 5) is 2.91. The van der Waals surface area contributed by atoms with Crippen molar-refractivity contribution in [3.63, 3.8) is 0 Å². The van der Waals surface area contributed by atoms with Crippen molar-refractivity contribution >= 4 is 23.5 Å². The third-order valence-corrected chi connectivity index (χ3v) is 4.52. The zero-order valence-electron chi connectivity index (χ0n) is 10.3. The number of hydrogen-bond acceptors (Lipinski definition) is 2. The van der Waals surface area contributed by atoms with Gasteiger partial charge in [0, 0.05) is 9.79 Å². The molecule has 15 heavy (non-hydrogen) atoms. The van der Waals surface area contributed by atoms with Crippen molar-refractivity contribution in [2.24, 2.45) is 0 Å². The molecule has 1 aromatic rings. The number of benzene rings is 1. The standard InChI is InChI=1S/C13H20S2/c1-6-10-9(3)11(7-2)13(15-5)8-12(10)14-4/h8H,6-7H2,1-5H3. The number of rotatable bonds is 4. The van der Waals surface area contributed by atoms with Gasteiger partial charge in [0.2, 0.25) is 0 Å². The zero-order chi connectivity index (χ0) is 11.4. The third-order valence-electron chi connectivity index (χ3n) is 2.91. The van der Waals surface area contributed by atoms with Crippen LogP contribution in [0, 0.1) is 6.92 Å². The molecule has 0 unspecified atom stereocenters. The fraction of sp³-hybridized carbons (Fsp3) is 0.538. The highest BCUT2D eigenvalue weighted by atomic mass is 32.2. The molecule has 0 saturated heterocycles. The average Bonchev–Trinajstić information content (AvgIpc) is 2.27. The molecule has 0 amide bonds. The van der Waals surface area contributed by atoms with Crippen molar-refractivity contribution < 1.29 is 0 Å². The van der Waals surface area contributed by atoms with Crippen molar-refractivity contribution in [3.05, 3.63) is 22.8 Å². The molecule has 0 bridgehead atoms. The highest BCUT2D eigenvalue weighted by molar-refractivity contribution is 7.99. The second-order valence-corrected chi connectivity index (χ2v) is 5.27. The topological polar surface area (TPSA) is 0 Å². The van der Waals surface area contributed by atoms with Gasteiger partial charge in [-0.25, -0.2) is 0 Å². The van der Waals surface area contributed by atoms with Crippen molar-refractivity contribution in [1.82, 2.24) is 0 Å². The summed E-state index contributed by atoms with van der Waals surface area (Å²) in [6, 6.07) is 2.36. The van der Waals surface area contributed by atoms with E-state index in [1.165, 1.54) is 26.5 Å². The average molecular weight is 240 g/mol. The van der Waals surface area contributed by atoms with Gasteiger partial charge in [-0.3, -0.25) is 0 Å². The minimum atomic E-state index is 1.14. The molecule has 84 valence electrons. The predicted molar refractivity (Wildman–Crippen MR) is 73.5 cm³/mol. The fourth-order valence-corrected chi connectivity index (χ4v) is 3.72. The quantitative estimate of drug-likeness (QED) is 0.707. The zero-order valence-corrected chi connectivity index (χ0v) is 11.9. The summed E-state index contributed by atoms with van der Waals surface area (Å²) in [7, 11) is 0. The van der Waals surface area contributed by atoms with Crippen LogP contribution in [0.1, 0.15) is 30.5 Å². The van der Waals surface area contributed by atoms with E-state index in [1.54, 1.807) is 0 Å². The van der Waals surface area contributed by atoms with E-state index in [0.717, 1.165) is 12.8 Å². The van der Waals surface area contributed by atoms with Crippen LogP contribution in [0.3, 0.4) is 0 Å². The first-order chi connectivity index (χ1) is 7.19. The summed E-state index contributed by atoms with van der Waals surface area (Å²) in [5.74, 6) is 0. The van der Waals surface area contributed by atoms with Gasteiger partial charge in [-0.2, -0.15) is 0 Å². The Kier molecular flexibility index (Phi) is 5.07. The Labute approximate surface area is 102 Å². The molecule has 0 atom stereocenters. The lowest BCUT2D eigenvalue weighted by molar-refractivity contribution is 0.969. The molecule has 1 aromatic carbocycles. The van der Waals surface area contributed by atoms with Gasteiger partial charge in [0.05, 0.1) is 0 Å². The van der Waals surface area contributed by atoms with Crippen LogP contribution < -0.4 is 0 Å². The Morgan fingerprint density at radius 1 is 0.933 bits per heavy atom. The van der Waals surface area contributed by atoms with Gasteiger partial charge in [0.15, 0.2) is 0 Å². The molecule has 0 aliphatic heterocycles. The Bertz CT molecular complexity index is 313. The Morgan fingerprint density at radius 2 is 1.33 bits per heavy atom. The van der Waals surface area contributed by atoms with E-state index in [0.29, 0.717) is 0 Å². The maximum Gasteiger partial charge on any atom is 0.0115 e. The van der Waals surface area contributed by atoms with E-state index < -0.39 is 0 Å². The first-order valence-electron chi connectivity index (χ1n) is 5.42. The third kappa shape index (κ3) is 2.54. The van der Waals surface area contributed by atoms with E-state index >= 15 is 0 Å². The molecule has 0 N–H and O–H groups in total. The van der Waals surface area contributed by atoms with Crippen molar-refractivity contribution in [3.8, 4) is 0 Å². The molecule has 0 fully saturated rings. The van der Waals surface area contributed by atoms with E-state index in [-0.39, 0.29) is 0 Å². The number of hydrogen-bond donors (Lipinski definition) is 0. The van der Waals surface area contributed by atoms with Crippen LogP contribution in [0.5, 0.6) is 0 Å². The van der Waals surface area contributed by atoms with E-state index in [2.05, 4.69) is 39.3 Å². The molecule has 0 nitrogen and oxygen atoms in total. The maximum atomic E-state index is 2.36. The van der Waals surface area contributed by atoms with Crippen molar-refractivity contribution in [2.45, 2.75) is 43.4 Å². The molecule has 0 aliphatic rings. The first-order valence-corrected chi connectivity index (χ1v) is 7.87. The minimum absolute atomic E-state index is 1.14. The van der Waals surface area contributed by atoms with E-state index in [4.69, 9.17) is 0 Å². The van der Waals surface area contributed by atoms with Crippen LogP contribution in [0.2, 0.25) is 0 Å². The molecule has 0 heterocycles. The van der Waals surface area contributed by atoms with Gasteiger partial charge in [0.25, 0.3) is 0 Å². The van der Waals surface area contributed by atoms with Crippen LogP contribution in [0.4, 0.5) is 0 Å². The maximum absolute atomic E-state index is 2.36. The minimum Gasteiger partial charge on any atom is -0.129 e. The highest BCUT2D eigenvalue weighted by Gasteiger charge is 2.11. The molecular weight excluding hydrogens is 220 g/mol. The van der Waals surface area contributed by atoms with Gasteiger partial charge in [0.1, 0.15) is 0 Å². The first kappa shape index (κ1) is 13.0. The lowest BCUT2D eigenvalue weighted by Crippen LogP contribution is -1.98. The Morgan fingerprint density at radius 3 is 1.60 bits per heavy atom. The largest absolute Gasteiger partial charge is 0.129 e. The summed E-state index contributed by atoms with van der Waals surface area (Å²) < 4.78 is 0. The van der Waals surface area contributed by atoms with Gasteiger partial charge >= 0.3 is 0 Å². The Balaban J connectivity index is 3.41. The lowest BCUT2D eigenvalue weighted by Gasteiger charge is -2.17. The molecule has 0 aliphatic carbocycles. The molecule has 0 aromatic heterocycles. The molecular formula is C13H20S2. The Hall–Kier alpha value is -0.0800. The molecule has 2 heteroatoms. The summed E-state index contributed by atoms with van der Waals surface area (Å²) in [6.45, 7) is 6.78. The van der Waals surface area contributed by atoms with Gasteiger partial charge in [-0.15, -0.1) is 23.5 Å². The fourth-order valence-electron chi connectivity index (χ4n) is 2.09. The predicted octanol–water partition coefficient (Wildman–Crippen LogP) is 4.56. The van der Waals surface area contributed by atoms with Crippen LogP contribution in [0.25, 0.3) is 0 Å². The smallest absolute Gasteiger partial charge is 0.0115 e. The molecule has 1 rings (SSSR count). The molecule has 0 saturated carbocycles. The van der Waals surface area contributed by atoms with Crippen molar-refractivity contribution in [2.75, 3.05) is 12.5 Å². The van der Waals surface area contributed by atoms with Crippen molar-refractivity contribution in [1.29, 1.82) is 0 Å². The van der Waals surface area contributed by atoms with Gasteiger partial charge in [-0.05, 0) is 55.0 Å². The van der Waals surface area contributed by atoms with Crippen LogP contribution in [0.15, 0.2) is 15.9 Å². The van der Waals surface area contributed by atoms with Crippen LogP contribution in [-0.2, 0) is 12.8 Å². The normalized spacial score (nSPS) is 10.7.